The first kappa shape index (κ1) is 29.5. The van der Waals surface area contributed by atoms with Crippen LogP contribution in [0.3, 0.4) is 0 Å². The van der Waals surface area contributed by atoms with Gasteiger partial charge in [0.05, 0.1) is 43.9 Å². The lowest BCUT2D eigenvalue weighted by molar-refractivity contribution is -0.192. The summed E-state index contributed by atoms with van der Waals surface area (Å²) in [4.78, 5) is 33.2. The van der Waals surface area contributed by atoms with Crippen LogP contribution in [0, 0.1) is 0 Å². The second-order valence-electron chi connectivity index (χ2n) is 8.81. The van der Waals surface area contributed by atoms with Gasteiger partial charge in [-0.3, -0.25) is 19.1 Å². The highest BCUT2D eigenvalue weighted by atomic mass is 19.4. The van der Waals surface area contributed by atoms with E-state index in [0.29, 0.717) is 23.6 Å². The van der Waals surface area contributed by atoms with Crippen LogP contribution in [-0.2, 0) is 9.53 Å². The van der Waals surface area contributed by atoms with Crippen LogP contribution in [0.2, 0.25) is 0 Å². The van der Waals surface area contributed by atoms with Crippen LogP contribution >= 0.6 is 0 Å². The molecule has 3 aromatic heterocycles. The summed E-state index contributed by atoms with van der Waals surface area (Å²) < 4.78 is 46.1. The summed E-state index contributed by atoms with van der Waals surface area (Å²) in [6, 6.07) is 9.50. The van der Waals surface area contributed by atoms with Crippen LogP contribution in [0.25, 0.3) is 22.7 Å². The molecular formula is C26H28F3N7O5. The van der Waals surface area contributed by atoms with Gasteiger partial charge in [0.2, 0.25) is 0 Å². The second-order valence-corrected chi connectivity index (χ2v) is 8.81. The van der Waals surface area contributed by atoms with Gasteiger partial charge in [-0.15, -0.1) is 0 Å². The lowest BCUT2D eigenvalue weighted by atomic mass is 10.3. The Kier molecular flexibility index (Phi) is 9.52. The van der Waals surface area contributed by atoms with Gasteiger partial charge in [-0.05, 0) is 31.2 Å². The van der Waals surface area contributed by atoms with Crippen molar-refractivity contribution in [2.24, 2.45) is 0 Å². The average Bonchev–Trinajstić information content (AvgIpc) is 3.61. The molecule has 0 unspecified atom stereocenters. The van der Waals surface area contributed by atoms with Crippen molar-refractivity contribution in [1.82, 2.24) is 34.4 Å². The molecule has 41 heavy (non-hydrogen) atoms. The maximum Gasteiger partial charge on any atom is 0.490 e. The number of carbonyl (C=O) groups is 2. The number of nitrogens with zero attached hydrogens (tertiary/aromatic N) is 6. The SMILES string of the molecule is COc1cccc(-n2nccc2-c2nc(C(=O)NCCCN3CCOCC3)c3cnccn23)c1.O=C(O)C(F)(F)F. The second kappa shape index (κ2) is 13.2. The fourth-order valence-corrected chi connectivity index (χ4v) is 4.12. The van der Waals surface area contributed by atoms with Crippen molar-refractivity contribution in [2.45, 2.75) is 12.6 Å². The molecule has 0 atom stereocenters. The van der Waals surface area contributed by atoms with Crippen molar-refractivity contribution in [3.63, 3.8) is 0 Å². The van der Waals surface area contributed by atoms with E-state index in [1.165, 1.54) is 0 Å². The summed E-state index contributed by atoms with van der Waals surface area (Å²) in [7, 11) is 1.63. The number of aromatic nitrogens is 5. The van der Waals surface area contributed by atoms with Gasteiger partial charge >= 0.3 is 12.1 Å². The Labute approximate surface area is 232 Å². The van der Waals surface area contributed by atoms with Crippen molar-refractivity contribution in [2.75, 3.05) is 46.5 Å². The van der Waals surface area contributed by atoms with E-state index < -0.39 is 12.1 Å². The van der Waals surface area contributed by atoms with E-state index in [2.05, 4.69) is 20.3 Å². The van der Waals surface area contributed by atoms with E-state index in [1.54, 1.807) is 36.6 Å². The number of alkyl halides is 3. The van der Waals surface area contributed by atoms with Gasteiger partial charge in [0.15, 0.2) is 11.5 Å². The number of carboxylic acids is 1. The molecule has 12 nitrogen and oxygen atoms in total. The molecule has 15 heteroatoms. The molecule has 1 aliphatic rings. The summed E-state index contributed by atoms with van der Waals surface area (Å²) in [6.45, 7) is 4.93. The molecule has 0 spiro atoms. The smallest absolute Gasteiger partial charge is 0.490 e. The summed E-state index contributed by atoms with van der Waals surface area (Å²) in [5.41, 5.74) is 2.56. The fourth-order valence-electron chi connectivity index (χ4n) is 4.12. The van der Waals surface area contributed by atoms with Crippen molar-refractivity contribution >= 4 is 17.4 Å². The summed E-state index contributed by atoms with van der Waals surface area (Å²) in [5, 5.41) is 14.6. The lowest BCUT2D eigenvalue weighted by Gasteiger charge is -2.26. The summed E-state index contributed by atoms with van der Waals surface area (Å²) in [6.07, 6.45) is 2.63. The Morgan fingerprint density at radius 2 is 1.93 bits per heavy atom. The van der Waals surface area contributed by atoms with Crippen LogP contribution in [0.5, 0.6) is 5.75 Å². The Bertz CT molecular complexity index is 1480. The number of imidazole rings is 1. The highest BCUT2D eigenvalue weighted by molar-refractivity contribution is 5.99. The van der Waals surface area contributed by atoms with E-state index in [1.807, 2.05) is 34.7 Å². The number of methoxy groups -OCH3 is 1. The number of fused-ring (bicyclic) bond motifs is 1. The third kappa shape index (κ3) is 7.37. The molecule has 1 aromatic carbocycles. The molecule has 4 aromatic rings. The quantitative estimate of drug-likeness (QED) is 0.304. The number of benzene rings is 1. The fraction of sp³-hybridized carbons (Fsp3) is 0.346. The highest BCUT2D eigenvalue weighted by Crippen LogP contribution is 2.26. The third-order valence-corrected chi connectivity index (χ3v) is 6.11. The summed E-state index contributed by atoms with van der Waals surface area (Å²) in [5.74, 6) is -1.64. The molecule has 0 saturated carbocycles. The molecule has 4 heterocycles. The Morgan fingerprint density at radius 1 is 1.17 bits per heavy atom. The molecule has 0 aliphatic carbocycles. The van der Waals surface area contributed by atoms with Gasteiger partial charge in [-0.1, -0.05) is 6.07 Å². The monoisotopic (exact) mass is 575 g/mol. The number of rotatable bonds is 8. The average molecular weight is 576 g/mol. The van der Waals surface area contributed by atoms with Crippen molar-refractivity contribution in [3.8, 4) is 23.0 Å². The minimum atomic E-state index is -5.08. The van der Waals surface area contributed by atoms with Crippen molar-refractivity contribution in [3.05, 3.63) is 60.8 Å². The predicted molar refractivity (Wildman–Crippen MR) is 140 cm³/mol. The van der Waals surface area contributed by atoms with Crippen LogP contribution in [0.15, 0.2) is 55.1 Å². The summed E-state index contributed by atoms with van der Waals surface area (Å²) >= 11 is 0. The minimum absolute atomic E-state index is 0.217. The van der Waals surface area contributed by atoms with Gasteiger partial charge in [0, 0.05) is 38.1 Å². The first-order valence-corrected chi connectivity index (χ1v) is 12.6. The zero-order chi connectivity index (χ0) is 29.4. The Balaban J connectivity index is 0.000000493. The Hall–Kier alpha value is -4.50. The Morgan fingerprint density at radius 3 is 2.63 bits per heavy atom. The molecule has 2 N–H and O–H groups in total. The number of hydrogen-bond acceptors (Lipinski definition) is 8. The zero-order valence-electron chi connectivity index (χ0n) is 22.0. The molecule has 1 amide bonds. The van der Waals surface area contributed by atoms with Gasteiger partial charge in [-0.25, -0.2) is 14.5 Å². The maximum absolute atomic E-state index is 13.0. The number of amides is 1. The molecular weight excluding hydrogens is 547 g/mol. The minimum Gasteiger partial charge on any atom is -0.497 e. The van der Waals surface area contributed by atoms with Crippen LogP contribution in [0.4, 0.5) is 13.2 Å². The number of carboxylic acid groups (broad SMARTS) is 1. The van der Waals surface area contributed by atoms with Gasteiger partial charge in [0.1, 0.15) is 11.4 Å². The topological polar surface area (TPSA) is 136 Å². The number of hydrogen-bond donors (Lipinski definition) is 2. The normalized spacial score (nSPS) is 13.9. The third-order valence-electron chi connectivity index (χ3n) is 6.11. The predicted octanol–water partition coefficient (Wildman–Crippen LogP) is 2.68. The van der Waals surface area contributed by atoms with Gasteiger partial charge in [-0.2, -0.15) is 18.3 Å². The molecule has 218 valence electrons. The molecule has 0 bridgehead atoms. The van der Waals surface area contributed by atoms with Crippen molar-refractivity contribution in [1.29, 1.82) is 0 Å². The van der Waals surface area contributed by atoms with Crippen LogP contribution in [-0.4, -0.2) is 98.7 Å². The molecule has 5 rings (SSSR count). The van der Waals surface area contributed by atoms with Crippen molar-refractivity contribution < 1.29 is 37.3 Å². The van der Waals surface area contributed by atoms with E-state index in [-0.39, 0.29) is 5.91 Å². The first-order valence-electron chi connectivity index (χ1n) is 12.6. The number of ether oxygens (including phenoxy) is 2. The van der Waals surface area contributed by atoms with E-state index >= 15 is 0 Å². The zero-order valence-corrected chi connectivity index (χ0v) is 22.0. The number of halogens is 3. The van der Waals surface area contributed by atoms with Gasteiger partial charge < -0.3 is 19.9 Å². The maximum atomic E-state index is 13.0. The molecule has 0 radical (unpaired) electrons. The van der Waals surface area contributed by atoms with Crippen LogP contribution < -0.4 is 10.1 Å². The standard InChI is InChI=1S/C24H27N7O3.C2HF3O2/c1-33-19-5-2-4-18(16-19)31-20(6-8-27-31)23-28-22(21-17-25-9-11-30(21)23)24(32)26-7-3-10-29-12-14-34-15-13-29;3-2(4,5)1(6)7/h2,4-6,8-9,11,16-17H,3,7,10,12-15H2,1H3,(H,26,32);(H,6,7). The van der Waals surface area contributed by atoms with Gasteiger partial charge in [0.25, 0.3) is 5.91 Å². The number of nitrogens with one attached hydrogen (secondary N) is 1. The number of aliphatic carboxylic acids is 1. The molecule has 1 saturated heterocycles. The van der Waals surface area contributed by atoms with Crippen LogP contribution in [0.1, 0.15) is 16.9 Å². The lowest BCUT2D eigenvalue weighted by Crippen LogP contribution is -2.38. The molecule has 1 fully saturated rings. The van der Waals surface area contributed by atoms with E-state index in [9.17, 15) is 18.0 Å². The highest BCUT2D eigenvalue weighted by Gasteiger charge is 2.38. The largest absolute Gasteiger partial charge is 0.497 e. The molecule has 1 aliphatic heterocycles. The first-order chi connectivity index (χ1) is 19.7. The number of carbonyl (C=O) groups excluding carboxylic acids is 1. The van der Waals surface area contributed by atoms with E-state index in [4.69, 9.17) is 24.4 Å². The number of morpholine rings is 1. The van der Waals surface area contributed by atoms with E-state index in [0.717, 1.165) is 56.4 Å².